The molecule has 0 aliphatic rings. The van der Waals surface area contributed by atoms with Crippen molar-refractivity contribution in [2.75, 3.05) is 0 Å². The van der Waals surface area contributed by atoms with E-state index in [1.165, 1.54) is 8.76 Å². The van der Waals surface area contributed by atoms with Crippen LogP contribution in [0.15, 0.2) is 49.6 Å². The van der Waals surface area contributed by atoms with E-state index in [0.717, 1.165) is 12.8 Å². The smallest absolute Gasteiger partial charge is 0.193 e. The molecule has 0 amide bonds. The molecule has 1 rings (SSSR count). The first kappa shape index (κ1) is 14.7. The molecule has 0 heterocycles. The van der Waals surface area contributed by atoms with E-state index in [1.54, 1.807) is 0 Å². The van der Waals surface area contributed by atoms with Crippen molar-refractivity contribution in [2.24, 2.45) is 0 Å². The van der Waals surface area contributed by atoms with E-state index in [0.29, 0.717) is 0 Å². The Bertz CT molecular complexity index is 362. The molecule has 0 aliphatic carbocycles. The van der Waals surface area contributed by atoms with Gasteiger partial charge in [-0.3, -0.25) is 0 Å². The van der Waals surface area contributed by atoms with Gasteiger partial charge in [0.05, 0.1) is 5.60 Å². The van der Waals surface area contributed by atoms with Gasteiger partial charge in [-0.25, -0.2) is 0 Å². The highest BCUT2D eigenvalue weighted by Crippen LogP contribution is 2.20. The Hall–Kier alpha value is -0.393. The lowest BCUT2D eigenvalue weighted by Gasteiger charge is -2.28. The molecule has 0 aliphatic heterocycles. The van der Waals surface area contributed by atoms with E-state index in [4.69, 9.17) is 4.43 Å². The largest absolute Gasteiger partial charge is 0.413 e. The molecular formula is C14H19IOSi. The maximum Gasteiger partial charge on any atom is 0.193 e. The van der Waals surface area contributed by atoms with E-state index in [9.17, 15) is 0 Å². The Morgan fingerprint density at radius 2 is 1.76 bits per heavy atom. The third-order valence-corrected chi connectivity index (χ3v) is 5.02. The van der Waals surface area contributed by atoms with Crippen molar-refractivity contribution in [3.05, 3.63) is 53.1 Å². The molecule has 0 fully saturated rings. The second kappa shape index (κ2) is 7.13. The number of hydrogen-bond acceptors (Lipinski definition) is 1. The maximum atomic E-state index is 6.13. The second-order valence-corrected chi connectivity index (χ2v) is 6.99. The highest BCUT2D eigenvalue weighted by Gasteiger charge is 2.21. The topological polar surface area (TPSA) is 9.23 Å². The van der Waals surface area contributed by atoms with Gasteiger partial charge in [-0.05, 0) is 59.7 Å². The van der Waals surface area contributed by atoms with Gasteiger partial charge in [-0.2, -0.15) is 0 Å². The van der Waals surface area contributed by atoms with Crippen LogP contribution < -0.4 is 5.19 Å². The van der Waals surface area contributed by atoms with Crippen LogP contribution in [0.1, 0.15) is 19.8 Å². The monoisotopic (exact) mass is 358 g/mol. The van der Waals surface area contributed by atoms with Gasteiger partial charge in [0, 0.05) is 3.57 Å². The minimum Gasteiger partial charge on any atom is -0.413 e. The third-order valence-electron chi connectivity index (χ3n) is 2.65. The normalized spacial score (nSPS) is 11.9. The molecule has 1 nitrogen and oxygen atoms in total. The summed E-state index contributed by atoms with van der Waals surface area (Å²) >= 11 is 2.32. The summed E-state index contributed by atoms with van der Waals surface area (Å²) in [6.07, 6.45) is 5.59. The zero-order valence-corrected chi connectivity index (χ0v) is 13.9. The first-order chi connectivity index (χ1) is 8.09. The SMILES string of the molecule is C=CCC(C)(CC=C)O[SiH2]c1ccc(I)cc1. The maximum absolute atomic E-state index is 6.13. The van der Waals surface area contributed by atoms with Crippen molar-refractivity contribution in [3.8, 4) is 0 Å². The summed E-state index contributed by atoms with van der Waals surface area (Å²) in [5.74, 6) is 0. The van der Waals surface area contributed by atoms with Gasteiger partial charge in [0.1, 0.15) is 0 Å². The molecule has 0 aromatic heterocycles. The zero-order valence-electron chi connectivity index (χ0n) is 10.3. The van der Waals surface area contributed by atoms with Gasteiger partial charge < -0.3 is 4.43 Å². The number of halogens is 1. The standard InChI is InChI=1S/C14H19IOSi/c1-4-10-14(3,11-5-2)16-17-13-8-6-12(15)7-9-13/h4-9H,1-2,10-11,17H2,3H3. The molecule has 0 unspecified atom stereocenters. The summed E-state index contributed by atoms with van der Waals surface area (Å²) in [4.78, 5) is 0. The summed E-state index contributed by atoms with van der Waals surface area (Å²) in [5.41, 5.74) is -0.126. The van der Waals surface area contributed by atoms with E-state index in [-0.39, 0.29) is 5.60 Å². The molecule has 0 saturated carbocycles. The van der Waals surface area contributed by atoms with Crippen LogP contribution in [0.5, 0.6) is 0 Å². The fourth-order valence-electron chi connectivity index (χ4n) is 1.65. The van der Waals surface area contributed by atoms with Gasteiger partial charge >= 0.3 is 0 Å². The van der Waals surface area contributed by atoms with Crippen molar-refractivity contribution < 1.29 is 4.43 Å². The molecular weight excluding hydrogens is 339 g/mol. The number of hydrogen-bond donors (Lipinski definition) is 0. The molecule has 0 spiro atoms. The van der Waals surface area contributed by atoms with Crippen molar-refractivity contribution in [1.29, 1.82) is 0 Å². The Balaban J connectivity index is 2.59. The molecule has 0 atom stereocenters. The van der Waals surface area contributed by atoms with E-state index in [1.807, 2.05) is 12.2 Å². The van der Waals surface area contributed by atoms with Gasteiger partial charge in [0.2, 0.25) is 0 Å². The fourth-order valence-corrected chi connectivity index (χ4v) is 3.19. The van der Waals surface area contributed by atoms with Crippen LogP contribution in [0, 0.1) is 3.57 Å². The quantitative estimate of drug-likeness (QED) is 0.414. The number of rotatable bonds is 7. The highest BCUT2D eigenvalue weighted by atomic mass is 127. The molecule has 1 aromatic rings. The Labute approximate surface area is 120 Å². The van der Waals surface area contributed by atoms with Gasteiger partial charge in [0.25, 0.3) is 0 Å². The second-order valence-electron chi connectivity index (χ2n) is 4.35. The van der Waals surface area contributed by atoms with Crippen LogP contribution in [0.3, 0.4) is 0 Å². The number of benzene rings is 1. The molecule has 0 N–H and O–H groups in total. The summed E-state index contributed by atoms with van der Waals surface area (Å²) < 4.78 is 7.39. The zero-order chi connectivity index (χ0) is 12.7. The lowest BCUT2D eigenvalue weighted by Crippen LogP contribution is -2.33. The van der Waals surface area contributed by atoms with Crippen LogP contribution in [0.2, 0.25) is 0 Å². The van der Waals surface area contributed by atoms with Crippen molar-refractivity contribution in [3.63, 3.8) is 0 Å². The van der Waals surface area contributed by atoms with Crippen LogP contribution in [-0.2, 0) is 4.43 Å². The fraction of sp³-hybridized carbons (Fsp3) is 0.286. The molecule has 1 aromatic carbocycles. The van der Waals surface area contributed by atoms with Gasteiger partial charge in [-0.1, -0.05) is 24.3 Å². The Kier molecular flexibility index (Phi) is 6.15. The van der Waals surface area contributed by atoms with Gasteiger partial charge in [-0.15, -0.1) is 13.2 Å². The summed E-state index contributed by atoms with van der Waals surface area (Å²) in [7, 11) is -0.671. The molecule has 0 radical (unpaired) electrons. The third kappa shape index (κ3) is 5.19. The van der Waals surface area contributed by atoms with Crippen LogP contribution >= 0.6 is 22.6 Å². The van der Waals surface area contributed by atoms with Crippen molar-refractivity contribution in [2.45, 2.75) is 25.4 Å². The van der Waals surface area contributed by atoms with Crippen LogP contribution in [0.25, 0.3) is 0 Å². The highest BCUT2D eigenvalue weighted by molar-refractivity contribution is 14.1. The van der Waals surface area contributed by atoms with E-state index in [2.05, 4.69) is 66.9 Å². The van der Waals surface area contributed by atoms with Crippen LogP contribution in [0.4, 0.5) is 0 Å². The minimum atomic E-state index is -0.671. The molecule has 0 saturated heterocycles. The van der Waals surface area contributed by atoms with Crippen molar-refractivity contribution >= 4 is 37.5 Å². The summed E-state index contributed by atoms with van der Waals surface area (Å²) in [5, 5.41) is 1.34. The molecule has 17 heavy (non-hydrogen) atoms. The predicted octanol–water partition coefficient (Wildman–Crippen LogP) is 2.93. The first-order valence-electron chi connectivity index (χ1n) is 5.70. The Morgan fingerprint density at radius 1 is 1.24 bits per heavy atom. The lowest BCUT2D eigenvalue weighted by atomic mass is 9.99. The molecule has 3 heteroatoms. The lowest BCUT2D eigenvalue weighted by molar-refractivity contribution is 0.104. The van der Waals surface area contributed by atoms with Crippen LogP contribution in [-0.4, -0.2) is 15.4 Å². The molecule has 92 valence electrons. The van der Waals surface area contributed by atoms with Crippen molar-refractivity contribution in [1.82, 2.24) is 0 Å². The minimum absolute atomic E-state index is 0.126. The summed E-state index contributed by atoms with van der Waals surface area (Å²) in [6.45, 7) is 9.72. The predicted molar refractivity (Wildman–Crippen MR) is 86.5 cm³/mol. The molecule has 0 bridgehead atoms. The average molecular weight is 358 g/mol. The first-order valence-corrected chi connectivity index (χ1v) is 8.06. The van der Waals surface area contributed by atoms with Gasteiger partial charge in [0.15, 0.2) is 9.76 Å². The average Bonchev–Trinajstić information content (AvgIpc) is 2.29. The summed E-state index contributed by atoms with van der Waals surface area (Å²) in [6, 6.07) is 8.58. The van der Waals surface area contributed by atoms with E-state index >= 15 is 0 Å². The Morgan fingerprint density at radius 3 is 2.24 bits per heavy atom. The van der Waals surface area contributed by atoms with E-state index < -0.39 is 9.76 Å².